The van der Waals surface area contributed by atoms with Crippen LogP contribution in [-0.4, -0.2) is 9.97 Å². The molecule has 3 nitrogen and oxygen atoms in total. The molecular weight excluding hydrogens is 242 g/mol. The maximum atomic E-state index is 5.90. The van der Waals surface area contributed by atoms with E-state index in [4.69, 9.17) is 17.3 Å². The molecule has 0 bridgehead atoms. The molecule has 0 amide bonds. The van der Waals surface area contributed by atoms with Gasteiger partial charge in [-0.15, -0.1) is 11.3 Å². The number of aromatic nitrogens is 2. The number of nitrogens with zero attached hydrogens (tertiary/aromatic N) is 2. The molecule has 16 heavy (non-hydrogen) atoms. The van der Waals surface area contributed by atoms with Crippen LogP contribution in [0.25, 0.3) is 10.7 Å². The second-order valence-electron chi connectivity index (χ2n) is 3.92. The van der Waals surface area contributed by atoms with Crippen molar-refractivity contribution in [3.05, 3.63) is 28.2 Å². The molecule has 2 N–H and O–H groups in total. The van der Waals surface area contributed by atoms with Gasteiger partial charge >= 0.3 is 0 Å². The SMILES string of the molecule is Nc1cc(C2CC2)nc(-c2ccc(Cl)s2)n1. The van der Waals surface area contributed by atoms with Crippen molar-refractivity contribution < 1.29 is 0 Å². The molecule has 2 heterocycles. The zero-order chi connectivity index (χ0) is 11.1. The fourth-order valence-corrected chi connectivity index (χ4v) is 2.60. The summed E-state index contributed by atoms with van der Waals surface area (Å²) >= 11 is 7.37. The zero-order valence-electron chi connectivity index (χ0n) is 8.48. The van der Waals surface area contributed by atoms with Gasteiger partial charge in [0.05, 0.1) is 9.21 Å². The van der Waals surface area contributed by atoms with Gasteiger partial charge in [0.2, 0.25) is 0 Å². The molecule has 0 unspecified atom stereocenters. The number of anilines is 1. The lowest BCUT2D eigenvalue weighted by atomic mass is 10.2. The highest BCUT2D eigenvalue weighted by atomic mass is 35.5. The number of nitrogen functional groups attached to an aromatic ring is 1. The first-order valence-electron chi connectivity index (χ1n) is 5.12. The van der Waals surface area contributed by atoms with Gasteiger partial charge in [-0.05, 0) is 25.0 Å². The molecule has 0 atom stereocenters. The largest absolute Gasteiger partial charge is 0.384 e. The Morgan fingerprint density at radius 2 is 2.12 bits per heavy atom. The van der Waals surface area contributed by atoms with Gasteiger partial charge < -0.3 is 5.73 Å². The van der Waals surface area contributed by atoms with Crippen molar-refractivity contribution >= 4 is 28.8 Å². The molecule has 0 spiro atoms. The Bertz CT molecular complexity index is 534. The van der Waals surface area contributed by atoms with E-state index in [9.17, 15) is 0 Å². The van der Waals surface area contributed by atoms with Crippen molar-refractivity contribution in [2.75, 3.05) is 5.73 Å². The quantitative estimate of drug-likeness (QED) is 0.891. The Labute approximate surface area is 102 Å². The Balaban J connectivity index is 2.06. The van der Waals surface area contributed by atoms with Crippen LogP contribution in [-0.2, 0) is 0 Å². The minimum absolute atomic E-state index is 0.538. The van der Waals surface area contributed by atoms with E-state index in [1.807, 2.05) is 18.2 Å². The molecule has 1 aliphatic carbocycles. The predicted molar refractivity (Wildman–Crippen MR) is 66.7 cm³/mol. The summed E-state index contributed by atoms with van der Waals surface area (Å²) in [6.45, 7) is 0. The molecule has 82 valence electrons. The van der Waals surface area contributed by atoms with E-state index in [-0.39, 0.29) is 0 Å². The standard InChI is InChI=1S/C11H10ClN3S/c12-9-4-3-8(16-9)11-14-7(6-1-2-6)5-10(13)15-11/h3-6H,1-2H2,(H2,13,14,15). The van der Waals surface area contributed by atoms with Gasteiger partial charge in [-0.3, -0.25) is 0 Å². The molecule has 1 saturated carbocycles. The van der Waals surface area contributed by atoms with Gasteiger partial charge in [0.15, 0.2) is 5.82 Å². The van der Waals surface area contributed by atoms with E-state index in [1.165, 1.54) is 24.2 Å². The van der Waals surface area contributed by atoms with Crippen LogP contribution in [0, 0.1) is 0 Å². The van der Waals surface area contributed by atoms with Gasteiger partial charge in [-0.1, -0.05) is 11.6 Å². The molecule has 3 rings (SSSR count). The van der Waals surface area contributed by atoms with Crippen molar-refractivity contribution in [2.24, 2.45) is 0 Å². The van der Waals surface area contributed by atoms with E-state index >= 15 is 0 Å². The van der Waals surface area contributed by atoms with Crippen LogP contribution in [0.5, 0.6) is 0 Å². The van der Waals surface area contributed by atoms with Crippen LogP contribution in [0.3, 0.4) is 0 Å². The summed E-state index contributed by atoms with van der Waals surface area (Å²) in [7, 11) is 0. The monoisotopic (exact) mass is 251 g/mol. The fourth-order valence-electron chi connectivity index (χ4n) is 1.62. The zero-order valence-corrected chi connectivity index (χ0v) is 10.1. The van der Waals surface area contributed by atoms with Gasteiger partial charge in [0.25, 0.3) is 0 Å². The summed E-state index contributed by atoms with van der Waals surface area (Å²) < 4.78 is 0.744. The van der Waals surface area contributed by atoms with Gasteiger partial charge in [0.1, 0.15) is 5.82 Å². The molecule has 5 heteroatoms. The van der Waals surface area contributed by atoms with E-state index in [0.717, 1.165) is 14.9 Å². The Morgan fingerprint density at radius 1 is 1.31 bits per heavy atom. The predicted octanol–water partition coefficient (Wildman–Crippen LogP) is 3.32. The van der Waals surface area contributed by atoms with Crippen molar-refractivity contribution in [3.63, 3.8) is 0 Å². The first-order valence-corrected chi connectivity index (χ1v) is 6.32. The number of halogens is 1. The Hall–Kier alpha value is -1.13. The molecule has 0 aliphatic heterocycles. The molecule has 1 fully saturated rings. The maximum Gasteiger partial charge on any atom is 0.171 e. The van der Waals surface area contributed by atoms with Crippen LogP contribution in [0.15, 0.2) is 18.2 Å². The summed E-state index contributed by atoms with van der Waals surface area (Å²) in [6, 6.07) is 5.65. The van der Waals surface area contributed by atoms with Crippen molar-refractivity contribution in [1.29, 1.82) is 0 Å². The van der Waals surface area contributed by atoms with E-state index in [1.54, 1.807) is 0 Å². The van der Waals surface area contributed by atoms with Crippen LogP contribution in [0.4, 0.5) is 5.82 Å². The Morgan fingerprint density at radius 3 is 2.75 bits per heavy atom. The maximum absolute atomic E-state index is 5.90. The minimum Gasteiger partial charge on any atom is -0.384 e. The van der Waals surface area contributed by atoms with Crippen LogP contribution in [0.1, 0.15) is 24.5 Å². The number of hydrogen-bond acceptors (Lipinski definition) is 4. The van der Waals surface area contributed by atoms with Gasteiger partial charge in [-0.2, -0.15) is 0 Å². The molecule has 0 aromatic carbocycles. The molecule has 0 saturated heterocycles. The Kier molecular flexibility index (Phi) is 2.33. The third-order valence-electron chi connectivity index (χ3n) is 2.55. The molecule has 0 radical (unpaired) electrons. The molecule has 2 aromatic heterocycles. The van der Waals surface area contributed by atoms with Crippen LogP contribution in [0.2, 0.25) is 4.34 Å². The van der Waals surface area contributed by atoms with Crippen LogP contribution < -0.4 is 5.73 Å². The molecular formula is C11H10ClN3S. The van der Waals surface area contributed by atoms with E-state index < -0.39 is 0 Å². The summed E-state index contributed by atoms with van der Waals surface area (Å²) in [5.41, 5.74) is 6.85. The highest BCUT2D eigenvalue weighted by molar-refractivity contribution is 7.19. The number of rotatable bonds is 2. The van der Waals surface area contributed by atoms with E-state index in [2.05, 4.69) is 9.97 Å². The third kappa shape index (κ3) is 1.90. The van der Waals surface area contributed by atoms with E-state index in [0.29, 0.717) is 17.6 Å². The first-order chi connectivity index (χ1) is 7.72. The molecule has 1 aliphatic rings. The van der Waals surface area contributed by atoms with Crippen molar-refractivity contribution in [1.82, 2.24) is 9.97 Å². The second kappa shape index (κ2) is 3.71. The summed E-state index contributed by atoms with van der Waals surface area (Å²) in [5.74, 6) is 1.81. The fraction of sp³-hybridized carbons (Fsp3) is 0.273. The normalized spacial score (nSPS) is 15.3. The topological polar surface area (TPSA) is 51.8 Å². The average Bonchev–Trinajstić information content (AvgIpc) is 3.01. The lowest BCUT2D eigenvalue weighted by Crippen LogP contribution is -1.98. The minimum atomic E-state index is 0.538. The summed E-state index contributed by atoms with van der Waals surface area (Å²) in [5, 5.41) is 0. The smallest absolute Gasteiger partial charge is 0.171 e. The lowest BCUT2D eigenvalue weighted by Gasteiger charge is -2.02. The van der Waals surface area contributed by atoms with Crippen molar-refractivity contribution in [3.8, 4) is 10.7 Å². The molecule has 2 aromatic rings. The highest BCUT2D eigenvalue weighted by Crippen LogP contribution is 2.40. The number of nitrogens with two attached hydrogens (primary N) is 1. The van der Waals surface area contributed by atoms with Crippen molar-refractivity contribution in [2.45, 2.75) is 18.8 Å². The number of thiophene rings is 1. The first kappa shape index (κ1) is 10.1. The highest BCUT2D eigenvalue weighted by Gasteiger charge is 2.26. The summed E-state index contributed by atoms with van der Waals surface area (Å²) in [4.78, 5) is 9.76. The number of hydrogen-bond donors (Lipinski definition) is 1. The van der Waals surface area contributed by atoms with Gasteiger partial charge in [0, 0.05) is 17.7 Å². The van der Waals surface area contributed by atoms with Crippen LogP contribution >= 0.6 is 22.9 Å². The second-order valence-corrected chi connectivity index (χ2v) is 5.63. The third-order valence-corrected chi connectivity index (χ3v) is 3.78. The summed E-state index contributed by atoms with van der Waals surface area (Å²) in [6.07, 6.45) is 2.42. The average molecular weight is 252 g/mol. The van der Waals surface area contributed by atoms with Gasteiger partial charge in [-0.25, -0.2) is 9.97 Å². The lowest BCUT2D eigenvalue weighted by molar-refractivity contribution is 1.00.